The standard InChI is InChI=1S/C17H15FO2/c1-13-5-2-3-6-15(13)12-20-17-11-16(18)9-8-14(17)7-4-10-19/h2-3,5-6,8-9,11,19H,10,12H2,1H3. The normalized spacial score (nSPS) is 9.75. The Kier molecular flexibility index (Phi) is 4.75. The van der Waals surface area contributed by atoms with E-state index in [2.05, 4.69) is 11.8 Å². The molecule has 0 aliphatic heterocycles. The van der Waals surface area contributed by atoms with E-state index in [0.29, 0.717) is 17.9 Å². The lowest BCUT2D eigenvalue weighted by Crippen LogP contribution is -1.99. The highest BCUT2D eigenvalue weighted by atomic mass is 19.1. The summed E-state index contributed by atoms with van der Waals surface area (Å²) in [6.45, 7) is 2.11. The molecule has 0 aliphatic carbocycles. The third kappa shape index (κ3) is 3.59. The Morgan fingerprint density at radius 3 is 2.75 bits per heavy atom. The molecule has 102 valence electrons. The summed E-state index contributed by atoms with van der Waals surface area (Å²) >= 11 is 0. The summed E-state index contributed by atoms with van der Waals surface area (Å²) in [5.41, 5.74) is 2.72. The fourth-order valence-corrected chi connectivity index (χ4v) is 1.78. The lowest BCUT2D eigenvalue weighted by molar-refractivity contribution is 0.303. The quantitative estimate of drug-likeness (QED) is 0.869. The largest absolute Gasteiger partial charge is 0.487 e. The highest BCUT2D eigenvalue weighted by molar-refractivity contribution is 5.46. The smallest absolute Gasteiger partial charge is 0.138 e. The first-order chi connectivity index (χ1) is 9.70. The van der Waals surface area contributed by atoms with E-state index >= 15 is 0 Å². The minimum atomic E-state index is -0.376. The van der Waals surface area contributed by atoms with Crippen LogP contribution >= 0.6 is 0 Å². The predicted octanol–water partition coefficient (Wildman–Crippen LogP) is 3.06. The second-order valence-electron chi connectivity index (χ2n) is 4.32. The molecule has 2 rings (SSSR count). The minimum absolute atomic E-state index is 0.241. The van der Waals surface area contributed by atoms with Crippen LogP contribution in [0.5, 0.6) is 5.75 Å². The number of rotatable bonds is 3. The number of aryl methyl sites for hydroxylation is 1. The van der Waals surface area contributed by atoms with Gasteiger partial charge in [-0.05, 0) is 30.2 Å². The van der Waals surface area contributed by atoms with E-state index < -0.39 is 0 Å². The van der Waals surface area contributed by atoms with Gasteiger partial charge in [0.25, 0.3) is 0 Å². The van der Waals surface area contributed by atoms with Crippen molar-refractivity contribution in [2.75, 3.05) is 6.61 Å². The van der Waals surface area contributed by atoms with Crippen LogP contribution in [0.3, 0.4) is 0 Å². The molecule has 0 unspecified atom stereocenters. The average molecular weight is 270 g/mol. The van der Waals surface area contributed by atoms with Crippen LogP contribution in [0.2, 0.25) is 0 Å². The van der Waals surface area contributed by atoms with Crippen molar-refractivity contribution in [1.82, 2.24) is 0 Å². The molecule has 0 atom stereocenters. The summed E-state index contributed by atoms with van der Waals surface area (Å²) in [7, 11) is 0. The molecule has 0 radical (unpaired) electrons. The maximum absolute atomic E-state index is 13.3. The van der Waals surface area contributed by atoms with Crippen LogP contribution in [0, 0.1) is 24.6 Å². The summed E-state index contributed by atoms with van der Waals surface area (Å²) in [6, 6.07) is 12.0. The Morgan fingerprint density at radius 1 is 1.20 bits per heavy atom. The number of aliphatic hydroxyl groups is 1. The highest BCUT2D eigenvalue weighted by Crippen LogP contribution is 2.21. The van der Waals surface area contributed by atoms with Crippen LogP contribution in [0.25, 0.3) is 0 Å². The Bertz CT molecular complexity index is 654. The Labute approximate surface area is 117 Å². The van der Waals surface area contributed by atoms with Gasteiger partial charge in [-0.2, -0.15) is 0 Å². The molecule has 2 nitrogen and oxygen atoms in total. The molecule has 0 saturated carbocycles. The molecule has 0 bridgehead atoms. The lowest BCUT2D eigenvalue weighted by atomic mass is 10.1. The maximum Gasteiger partial charge on any atom is 0.138 e. The Balaban J connectivity index is 2.20. The van der Waals surface area contributed by atoms with E-state index in [4.69, 9.17) is 9.84 Å². The number of hydrogen-bond donors (Lipinski definition) is 1. The van der Waals surface area contributed by atoms with Gasteiger partial charge in [-0.15, -0.1) is 0 Å². The van der Waals surface area contributed by atoms with Crippen molar-refractivity contribution < 1.29 is 14.2 Å². The van der Waals surface area contributed by atoms with Crippen molar-refractivity contribution in [3.8, 4) is 17.6 Å². The summed E-state index contributed by atoms with van der Waals surface area (Å²) in [4.78, 5) is 0. The van der Waals surface area contributed by atoms with Gasteiger partial charge < -0.3 is 9.84 Å². The topological polar surface area (TPSA) is 29.5 Å². The molecule has 1 N–H and O–H groups in total. The van der Waals surface area contributed by atoms with E-state index in [9.17, 15) is 4.39 Å². The fraction of sp³-hybridized carbons (Fsp3) is 0.176. The van der Waals surface area contributed by atoms with E-state index in [0.717, 1.165) is 11.1 Å². The molecule has 0 amide bonds. The van der Waals surface area contributed by atoms with Crippen molar-refractivity contribution >= 4 is 0 Å². The molecule has 2 aromatic carbocycles. The van der Waals surface area contributed by atoms with Crippen LogP contribution in [0.4, 0.5) is 4.39 Å². The zero-order valence-electron chi connectivity index (χ0n) is 11.2. The first kappa shape index (κ1) is 14.1. The van der Waals surface area contributed by atoms with Crippen molar-refractivity contribution in [2.45, 2.75) is 13.5 Å². The molecule has 0 saturated heterocycles. The Morgan fingerprint density at radius 2 is 2.00 bits per heavy atom. The summed E-state index contributed by atoms with van der Waals surface area (Å²) in [5, 5.41) is 8.73. The molecule has 0 heterocycles. The van der Waals surface area contributed by atoms with Crippen molar-refractivity contribution in [2.24, 2.45) is 0 Å². The second kappa shape index (κ2) is 6.74. The average Bonchev–Trinajstić information content (AvgIpc) is 2.45. The van der Waals surface area contributed by atoms with Gasteiger partial charge in [0.15, 0.2) is 0 Å². The number of halogens is 1. The van der Waals surface area contributed by atoms with Crippen molar-refractivity contribution in [3.05, 3.63) is 65.0 Å². The van der Waals surface area contributed by atoms with E-state index in [1.54, 1.807) is 6.07 Å². The molecule has 3 heteroatoms. The summed E-state index contributed by atoms with van der Waals surface area (Å²) < 4.78 is 19.0. The number of benzene rings is 2. The van der Waals surface area contributed by atoms with Gasteiger partial charge >= 0.3 is 0 Å². The Hall–Kier alpha value is -2.31. The predicted molar refractivity (Wildman–Crippen MR) is 75.9 cm³/mol. The van der Waals surface area contributed by atoms with Gasteiger partial charge in [0.2, 0.25) is 0 Å². The fourth-order valence-electron chi connectivity index (χ4n) is 1.78. The zero-order valence-corrected chi connectivity index (χ0v) is 11.2. The first-order valence-corrected chi connectivity index (χ1v) is 6.27. The van der Waals surface area contributed by atoms with Gasteiger partial charge in [0.05, 0.1) is 5.56 Å². The van der Waals surface area contributed by atoms with Crippen LogP contribution in [-0.2, 0) is 6.61 Å². The van der Waals surface area contributed by atoms with Gasteiger partial charge in [0.1, 0.15) is 24.8 Å². The van der Waals surface area contributed by atoms with Crippen molar-refractivity contribution in [1.29, 1.82) is 0 Å². The van der Waals surface area contributed by atoms with Crippen LogP contribution < -0.4 is 4.74 Å². The van der Waals surface area contributed by atoms with E-state index in [-0.39, 0.29) is 12.4 Å². The number of aliphatic hydroxyl groups excluding tert-OH is 1. The number of hydrogen-bond acceptors (Lipinski definition) is 2. The zero-order chi connectivity index (χ0) is 14.4. The molecular weight excluding hydrogens is 255 g/mol. The van der Waals surface area contributed by atoms with Crippen LogP contribution in [0.1, 0.15) is 16.7 Å². The third-order valence-electron chi connectivity index (χ3n) is 2.89. The molecule has 0 spiro atoms. The van der Waals surface area contributed by atoms with E-state index in [1.165, 1.54) is 12.1 Å². The van der Waals surface area contributed by atoms with Crippen LogP contribution in [-0.4, -0.2) is 11.7 Å². The van der Waals surface area contributed by atoms with Crippen LogP contribution in [0.15, 0.2) is 42.5 Å². The second-order valence-corrected chi connectivity index (χ2v) is 4.32. The molecule has 20 heavy (non-hydrogen) atoms. The molecule has 2 aromatic rings. The minimum Gasteiger partial charge on any atom is -0.487 e. The monoisotopic (exact) mass is 270 g/mol. The summed E-state index contributed by atoms with van der Waals surface area (Å²) in [5.74, 6) is 5.29. The van der Waals surface area contributed by atoms with Gasteiger partial charge in [-0.1, -0.05) is 36.1 Å². The highest BCUT2D eigenvalue weighted by Gasteiger charge is 2.05. The molecular formula is C17H15FO2. The maximum atomic E-state index is 13.3. The molecule has 0 aliphatic rings. The van der Waals surface area contributed by atoms with Gasteiger partial charge in [-0.25, -0.2) is 4.39 Å². The van der Waals surface area contributed by atoms with E-state index in [1.807, 2.05) is 31.2 Å². The number of ether oxygens (including phenoxy) is 1. The molecule has 0 fully saturated rings. The summed E-state index contributed by atoms with van der Waals surface area (Å²) in [6.07, 6.45) is 0. The first-order valence-electron chi connectivity index (χ1n) is 6.27. The lowest BCUT2D eigenvalue weighted by Gasteiger charge is -2.10. The third-order valence-corrected chi connectivity index (χ3v) is 2.89. The van der Waals surface area contributed by atoms with Gasteiger partial charge in [0, 0.05) is 6.07 Å². The SMILES string of the molecule is Cc1ccccc1COc1cc(F)ccc1C#CCO. The van der Waals surface area contributed by atoms with Gasteiger partial charge in [-0.3, -0.25) is 0 Å². The molecule has 0 aromatic heterocycles. The van der Waals surface area contributed by atoms with Crippen molar-refractivity contribution in [3.63, 3.8) is 0 Å².